The van der Waals surface area contributed by atoms with Crippen molar-refractivity contribution in [2.75, 3.05) is 0 Å². The fourth-order valence-corrected chi connectivity index (χ4v) is 6.04. The lowest BCUT2D eigenvalue weighted by Crippen LogP contribution is -2.50. The molecule has 1 heterocycles. The molecule has 5 atom stereocenters. The maximum Gasteiger partial charge on any atom is 0.255 e. The van der Waals surface area contributed by atoms with Crippen LogP contribution in [0.3, 0.4) is 0 Å². The normalized spacial score (nSPS) is 28.2. The molecule has 0 saturated heterocycles. The minimum Gasteiger partial charge on any atom is -0.349 e. The lowest BCUT2D eigenvalue weighted by Gasteiger charge is -2.46. The highest BCUT2D eigenvalue weighted by Gasteiger charge is 2.41. The van der Waals surface area contributed by atoms with E-state index in [-0.39, 0.29) is 17.4 Å². The molecule has 1 aromatic carbocycles. The Kier molecular flexibility index (Phi) is 5.80. The van der Waals surface area contributed by atoms with Gasteiger partial charge in [0.15, 0.2) is 0 Å². The van der Waals surface area contributed by atoms with Gasteiger partial charge in [-0.25, -0.2) is 4.68 Å². The number of benzene rings is 1. The Morgan fingerprint density at radius 1 is 1.10 bits per heavy atom. The first-order chi connectivity index (χ1) is 14.7. The van der Waals surface area contributed by atoms with Crippen LogP contribution in [0, 0.1) is 23.7 Å². The molecule has 2 fully saturated rings. The third-order valence-corrected chi connectivity index (χ3v) is 7.20. The highest BCUT2D eigenvalue weighted by molar-refractivity contribution is 5.96. The van der Waals surface area contributed by atoms with Crippen molar-refractivity contribution in [2.45, 2.75) is 71.8 Å². The number of rotatable bonds is 4. The van der Waals surface area contributed by atoms with Crippen LogP contribution in [0.2, 0.25) is 0 Å². The van der Waals surface area contributed by atoms with E-state index in [0.29, 0.717) is 23.0 Å². The number of hydrogen-bond acceptors (Lipinski definition) is 3. The molecular weight excluding hydrogens is 386 g/mol. The van der Waals surface area contributed by atoms with Crippen LogP contribution in [0.25, 0.3) is 5.69 Å². The van der Waals surface area contributed by atoms with E-state index in [1.165, 1.54) is 25.7 Å². The number of aromatic nitrogens is 2. The summed E-state index contributed by atoms with van der Waals surface area (Å²) in [5, 5.41) is 8.00. The Morgan fingerprint density at radius 2 is 1.81 bits per heavy atom. The van der Waals surface area contributed by atoms with Crippen molar-refractivity contribution in [3.63, 3.8) is 0 Å². The molecule has 2 bridgehead atoms. The molecule has 31 heavy (non-hydrogen) atoms. The molecule has 1 N–H and O–H groups in total. The van der Waals surface area contributed by atoms with Crippen LogP contribution in [0.15, 0.2) is 30.5 Å². The molecule has 1 amide bonds. The highest BCUT2D eigenvalue weighted by atomic mass is 16.1. The van der Waals surface area contributed by atoms with E-state index in [9.17, 15) is 9.59 Å². The van der Waals surface area contributed by atoms with Crippen molar-refractivity contribution in [2.24, 2.45) is 23.7 Å². The third kappa shape index (κ3) is 4.32. The zero-order chi connectivity index (χ0) is 22.3. The van der Waals surface area contributed by atoms with Gasteiger partial charge in [0.25, 0.3) is 5.91 Å². The van der Waals surface area contributed by atoms with Gasteiger partial charge in [0.2, 0.25) is 0 Å². The van der Waals surface area contributed by atoms with Crippen LogP contribution in [0.4, 0.5) is 0 Å². The van der Waals surface area contributed by atoms with Crippen LogP contribution >= 0.6 is 0 Å². The minimum absolute atomic E-state index is 0.0192. The third-order valence-electron chi connectivity index (χ3n) is 7.20. The molecule has 0 spiro atoms. The Morgan fingerprint density at radius 3 is 2.45 bits per heavy atom. The Labute approximate surface area is 185 Å². The maximum absolute atomic E-state index is 13.5. The summed E-state index contributed by atoms with van der Waals surface area (Å²) in [7, 11) is 0. The van der Waals surface area contributed by atoms with Crippen LogP contribution in [-0.2, 0) is 5.41 Å². The van der Waals surface area contributed by atoms with Gasteiger partial charge in [0.05, 0.1) is 23.1 Å². The van der Waals surface area contributed by atoms with E-state index in [0.717, 1.165) is 29.5 Å². The second-order valence-corrected chi connectivity index (χ2v) is 10.9. The second-order valence-electron chi connectivity index (χ2n) is 10.9. The van der Waals surface area contributed by atoms with Gasteiger partial charge in [0, 0.05) is 17.0 Å². The summed E-state index contributed by atoms with van der Waals surface area (Å²) >= 11 is 0. The Balaban J connectivity index is 1.63. The first-order valence-electron chi connectivity index (χ1n) is 11.6. The van der Waals surface area contributed by atoms with E-state index in [2.05, 4.69) is 45.0 Å². The van der Waals surface area contributed by atoms with E-state index in [1.807, 2.05) is 16.8 Å². The van der Waals surface area contributed by atoms with Gasteiger partial charge in [-0.05, 0) is 73.6 Å². The number of carbonyl (C=O) groups is 2. The minimum atomic E-state index is -0.269. The molecule has 2 aromatic rings. The number of carbonyl (C=O) groups excluding carboxylic acids is 2. The maximum atomic E-state index is 13.5. The van der Waals surface area contributed by atoms with Crippen LogP contribution in [0.5, 0.6) is 0 Å². The van der Waals surface area contributed by atoms with E-state index >= 15 is 0 Å². The SMILES string of the molecule is CC1CC2CC(C)C(NC(=O)c3cnn(-c4ccc(C=O)cc4)c3C(C)(C)C)C(C1)C2. The van der Waals surface area contributed by atoms with Crippen LogP contribution in [0.1, 0.15) is 86.7 Å². The van der Waals surface area contributed by atoms with Gasteiger partial charge in [0.1, 0.15) is 6.29 Å². The predicted molar refractivity (Wildman–Crippen MR) is 123 cm³/mol. The van der Waals surface area contributed by atoms with Gasteiger partial charge in [-0.2, -0.15) is 5.10 Å². The summed E-state index contributed by atoms with van der Waals surface area (Å²) in [4.78, 5) is 24.5. The number of fused-ring (bicyclic) bond motifs is 2. The molecule has 2 aliphatic rings. The molecule has 5 nitrogen and oxygen atoms in total. The molecule has 0 radical (unpaired) electrons. The fraction of sp³-hybridized carbons (Fsp3) is 0.577. The van der Waals surface area contributed by atoms with E-state index in [1.54, 1.807) is 18.3 Å². The van der Waals surface area contributed by atoms with Gasteiger partial charge >= 0.3 is 0 Å². The summed E-state index contributed by atoms with van der Waals surface area (Å²) in [6.07, 6.45) is 7.53. The summed E-state index contributed by atoms with van der Waals surface area (Å²) in [5.74, 6) is 2.63. The van der Waals surface area contributed by atoms with Gasteiger partial charge in [-0.15, -0.1) is 0 Å². The lowest BCUT2D eigenvalue weighted by atomic mass is 9.63. The molecule has 5 unspecified atom stereocenters. The molecule has 1 aromatic heterocycles. The van der Waals surface area contributed by atoms with Gasteiger partial charge in [-0.1, -0.05) is 34.6 Å². The molecule has 5 heteroatoms. The van der Waals surface area contributed by atoms with E-state index < -0.39 is 0 Å². The van der Waals surface area contributed by atoms with Crippen LogP contribution < -0.4 is 5.32 Å². The number of aldehydes is 1. The summed E-state index contributed by atoms with van der Waals surface area (Å²) in [5.41, 5.74) is 2.74. The van der Waals surface area contributed by atoms with Crippen molar-refractivity contribution in [1.82, 2.24) is 15.1 Å². The molecule has 2 saturated carbocycles. The van der Waals surface area contributed by atoms with Crippen molar-refractivity contribution >= 4 is 12.2 Å². The quantitative estimate of drug-likeness (QED) is 0.693. The summed E-state index contributed by atoms with van der Waals surface area (Å²) < 4.78 is 1.84. The van der Waals surface area contributed by atoms with Gasteiger partial charge < -0.3 is 5.32 Å². The first kappa shape index (κ1) is 21.8. The topological polar surface area (TPSA) is 64.0 Å². The van der Waals surface area contributed by atoms with Crippen LogP contribution in [-0.4, -0.2) is 28.0 Å². The summed E-state index contributed by atoms with van der Waals surface area (Å²) in [6.45, 7) is 11.0. The van der Waals surface area contributed by atoms with Crippen molar-refractivity contribution in [3.8, 4) is 5.69 Å². The predicted octanol–water partition coefficient (Wildman–Crippen LogP) is 5.17. The van der Waals surface area contributed by atoms with Crippen molar-refractivity contribution < 1.29 is 9.59 Å². The van der Waals surface area contributed by atoms with Crippen molar-refractivity contribution in [3.05, 3.63) is 47.3 Å². The number of nitrogens with zero attached hydrogens (tertiary/aromatic N) is 2. The average Bonchev–Trinajstić information content (AvgIpc) is 3.16. The Hall–Kier alpha value is -2.43. The zero-order valence-electron chi connectivity index (χ0n) is 19.4. The van der Waals surface area contributed by atoms with Gasteiger partial charge in [-0.3, -0.25) is 9.59 Å². The lowest BCUT2D eigenvalue weighted by molar-refractivity contribution is 0.0595. The average molecular weight is 422 g/mol. The molecule has 0 aliphatic heterocycles. The standard InChI is InChI=1S/C26H35N3O2/c1-16-10-19-12-17(2)23(20(11-16)13-19)28-25(31)22-14-27-29(24(22)26(3,4)5)21-8-6-18(15-30)7-9-21/h6-9,14-17,19-20,23H,10-13H2,1-5H3,(H,28,31). The Bertz CT molecular complexity index is 950. The first-order valence-corrected chi connectivity index (χ1v) is 11.6. The largest absolute Gasteiger partial charge is 0.349 e. The summed E-state index contributed by atoms with van der Waals surface area (Å²) in [6, 6.07) is 7.54. The monoisotopic (exact) mass is 421 g/mol. The molecule has 2 aliphatic carbocycles. The molecular formula is C26H35N3O2. The molecule has 4 rings (SSSR count). The molecule has 166 valence electrons. The second kappa shape index (κ2) is 8.25. The van der Waals surface area contributed by atoms with Crippen molar-refractivity contribution in [1.29, 1.82) is 0 Å². The van der Waals surface area contributed by atoms with E-state index in [4.69, 9.17) is 0 Å². The zero-order valence-corrected chi connectivity index (χ0v) is 19.4. The number of nitrogens with one attached hydrogen (secondary N) is 1. The number of hydrogen-bond donors (Lipinski definition) is 1. The smallest absolute Gasteiger partial charge is 0.255 e. The number of amides is 1. The highest BCUT2D eigenvalue weighted by Crippen LogP contribution is 2.45. The fourth-order valence-electron chi connectivity index (χ4n) is 6.04.